The topological polar surface area (TPSA) is 58.4 Å². The third-order valence-electron chi connectivity index (χ3n) is 4.12. The number of amides is 1. The normalized spacial score (nSPS) is 21.4. The molecule has 0 aliphatic carbocycles. The van der Waals surface area contributed by atoms with E-state index < -0.39 is 5.76 Å². The van der Waals surface area contributed by atoms with Crippen LogP contribution in [0.4, 0.5) is 14.5 Å². The van der Waals surface area contributed by atoms with Gasteiger partial charge in [0, 0.05) is 29.7 Å². The predicted molar refractivity (Wildman–Crippen MR) is 89.7 cm³/mol. The summed E-state index contributed by atoms with van der Waals surface area (Å²) in [6, 6.07) is 6.59. The summed E-state index contributed by atoms with van der Waals surface area (Å²) in [5.74, 6) is -2.55. The minimum atomic E-state index is -2.44. The summed E-state index contributed by atoms with van der Waals surface area (Å²) >= 11 is 0.488. The average molecular weight is 343 g/mol. The van der Waals surface area contributed by atoms with Crippen LogP contribution < -0.4 is 11.1 Å². The number of likely N-dealkylation sites (tertiary alicyclic amines) is 1. The predicted octanol–water partition coefficient (Wildman–Crippen LogP) is 3.00. The molecule has 0 spiro atoms. The van der Waals surface area contributed by atoms with Crippen molar-refractivity contribution in [2.45, 2.75) is 37.0 Å². The van der Waals surface area contributed by atoms with E-state index >= 15 is 0 Å². The van der Waals surface area contributed by atoms with Crippen LogP contribution in [0.15, 0.2) is 29.2 Å². The van der Waals surface area contributed by atoms with Crippen molar-refractivity contribution in [2.24, 2.45) is 11.1 Å². The Kier molecular flexibility index (Phi) is 6.00. The van der Waals surface area contributed by atoms with Gasteiger partial charge >= 0.3 is 0 Å². The van der Waals surface area contributed by atoms with Crippen molar-refractivity contribution < 1.29 is 13.6 Å². The largest absolute Gasteiger partial charge is 0.327 e. The molecule has 0 aromatic heterocycles. The van der Waals surface area contributed by atoms with Crippen LogP contribution in [0.25, 0.3) is 0 Å². The van der Waals surface area contributed by atoms with Crippen LogP contribution >= 0.6 is 11.8 Å². The number of nitrogens with zero attached hydrogens (tertiary/aromatic N) is 1. The number of benzene rings is 1. The molecule has 128 valence electrons. The smallest absolute Gasteiger partial charge is 0.288 e. The summed E-state index contributed by atoms with van der Waals surface area (Å²) in [5, 5.41) is 2.80. The summed E-state index contributed by atoms with van der Waals surface area (Å²) in [6.07, 6.45) is 0.875. The standard InChI is InChI=1S/C16H23F2N3OS/c1-16(2)10-21(8-7-13(16)19)9-14(22)20-11-3-5-12(6-4-11)23-15(17)18/h3-6,13,15H,7-10,19H2,1-2H3,(H,20,22). The molecule has 0 radical (unpaired) electrons. The van der Waals surface area contributed by atoms with E-state index in [1.54, 1.807) is 24.3 Å². The van der Waals surface area contributed by atoms with Gasteiger partial charge in [-0.2, -0.15) is 8.78 Å². The third-order valence-corrected chi connectivity index (χ3v) is 4.84. The molecule has 1 aliphatic heterocycles. The molecule has 4 nitrogen and oxygen atoms in total. The van der Waals surface area contributed by atoms with Crippen LogP contribution in [0.5, 0.6) is 0 Å². The van der Waals surface area contributed by atoms with Gasteiger partial charge in [0.05, 0.1) is 6.54 Å². The first-order valence-electron chi connectivity index (χ1n) is 7.59. The number of rotatable bonds is 5. The molecule has 1 aliphatic rings. The number of hydrogen-bond donors (Lipinski definition) is 2. The molecule has 1 fully saturated rings. The number of nitrogens with one attached hydrogen (secondary N) is 1. The van der Waals surface area contributed by atoms with E-state index in [-0.39, 0.29) is 17.4 Å². The fourth-order valence-corrected chi connectivity index (χ4v) is 3.24. The number of alkyl halides is 2. The summed E-state index contributed by atoms with van der Waals surface area (Å²) in [7, 11) is 0. The van der Waals surface area contributed by atoms with Crippen molar-refractivity contribution in [1.29, 1.82) is 0 Å². The number of piperidine rings is 1. The van der Waals surface area contributed by atoms with Gasteiger partial charge in [-0.15, -0.1) is 0 Å². The molecule has 1 saturated heterocycles. The minimum absolute atomic E-state index is 0.00727. The molecule has 3 N–H and O–H groups in total. The quantitative estimate of drug-likeness (QED) is 0.807. The highest BCUT2D eigenvalue weighted by molar-refractivity contribution is 7.99. The van der Waals surface area contributed by atoms with E-state index in [1.165, 1.54) is 0 Å². The van der Waals surface area contributed by atoms with Gasteiger partial charge in [0.15, 0.2) is 0 Å². The number of nitrogens with two attached hydrogens (primary N) is 1. The van der Waals surface area contributed by atoms with Crippen LogP contribution in [0.3, 0.4) is 0 Å². The molecule has 7 heteroatoms. The average Bonchev–Trinajstić information content (AvgIpc) is 2.44. The van der Waals surface area contributed by atoms with Gasteiger partial charge in [-0.1, -0.05) is 25.6 Å². The highest BCUT2D eigenvalue weighted by Gasteiger charge is 2.33. The van der Waals surface area contributed by atoms with Gasteiger partial charge in [-0.3, -0.25) is 9.69 Å². The summed E-state index contributed by atoms with van der Waals surface area (Å²) in [6.45, 7) is 6.12. The third kappa shape index (κ3) is 5.44. The van der Waals surface area contributed by atoms with Gasteiger partial charge in [0.25, 0.3) is 5.76 Å². The summed E-state index contributed by atoms with van der Waals surface area (Å²) in [4.78, 5) is 14.7. The first kappa shape index (κ1) is 18.2. The molecule has 23 heavy (non-hydrogen) atoms. The molecule has 2 rings (SSSR count). The maximum absolute atomic E-state index is 12.3. The van der Waals surface area contributed by atoms with E-state index in [2.05, 4.69) is 24.1 Å². The van der Waals surface area contributed by atoms with Crippen molar-refractivity contribution in [3.8, 4) is 0 Å². The molecule has 1 heterocycles. The Morgan fingerprint density at radius 1 is 1.43 bits per heavy atom. The van der Waals surface area contributed by atoms with Gasteiger partial charge in [0.1, 0.15) is 0 Å². The number of carbonyl (C=O) groups is 1. The van der Waals surface area contributed by atoms with E-state index in [0.29, 0.717) is 28.9 Å². The second-order valence-electron chi connectivity index (χ2n) is 6.55. The van der Waals surface area contributed by atoms with Gasteiger partial charge in [-0.05, 0) is 36.1 Å². The highest BCUT2D eigenvalue weighted by atomic mass is 32.2. The zero-order valence-corrected chi connectivity index (χ0v) is 14.2. The zero-order valence-electron chi connectivity index (χ0n) is 13.4. The van der Waals surface area contributed by atoms with Crippen molar-refractivity contribution >= 4 is 23.4 Å². The number of halogens is 2. The Morgan fingerprint density at radius 2 is 2.09 bits per heavy atom. The maximum atomic E-state index is 12.3. The van der Waals surface area contributed by atoms with Crippen LogP contribution in [0.2, 0.25) is 0 Å². The fourth-order valence-electron chi connectivity index (χ4n) is 2.74. The molecule has 1 unspecified atom stereocenters. The second kappa shape index (κ2) is 7.59. The molecule has 1 amide bonds. The molecule has 1 atom stereocenters. The Balaban J connectivity index is 1.85. The highest BCUT2D eigenvalue weighted by Crippen LogP contribution is 2.28. The molecular weight excluding hydrogens is 320 g/mol. The maximum Gasteiger partial charge on any atom is 0.288 e. The van der Waals surface area contributed by atoms with Crippen LogP contribution in [0, 0.1) is 5.41 Å². The van der Waals surface area contributed by atoms with Gasteiger partial charge < -0.3 is 11.1 Å². The zero-order chi connectivity index (χ0) is 17.0. The first-order chi connectivity index (χ1) is 10.8. The Hall–Kier alpha value is -1.18. The molecule has 1 aromatic carbocycles. The minimum Gasteiger partial charge on any atom is -0.327 e. The van der Waals surface area contributed by atoms with E-state index in [4.69, 9.17) is 5.73 Å². The Morgan fingerprint density at radius 3 is 2.65 bits per heavy atom. The molecule has 0 bridgehead atoms. The lowest BCUT2D eigenvalue weighted by atomic mass is 9.80. The fraction of sp³-hybridized carbons (Fsp3) is 0.562. The van der Waals surface area contributed by atoms with Crippen LogP contribution in [-0.2, 0) is 4.79 Å². The lowest BCUT2D eigenvalue weighted by Crippen LogP contribution is -2.53. The van der Waals surface area contributed by atoms with E-state index in [9.17, 15) is 13.6 Å². The van der Waals surface area contributed by atoms with E-state index in [1.807, 2.05) is 0 Å². The molecular formula is C16H23F2N3OS. The summed E-state index contributed by atoms with van der Waals surface area (Å²) < 4.78 is 24.5. The van der Waals surface area contributed by atoms with Crippen LogP contribution in [-0.4, -0.2) is 42.2 Å². The second-order valence-corrected chi connectivity index (χ2v) is 7.61. The number of anilines is 1. The van der Waals surface area contributed by atoms with Crippen molar-refractivity contribution in [3.05, 3.63) is 24.3 Å². The lowest BCUT2D eigenvalue weighted by molar-refractivity contribution is -0.118. The van der Waals surface area contributed by atoms with Gasteiger partial charge in [0.2, 0.25) is 5.91 Å². The van der Waals surface area contributed by atoms with E-state index in [0.717, 1.165) is 19.5 Å². The number of thioether (sulfide) groups is 1. The molecule has 0 saturated carbocycles. The monoisotopic (exact) mass is 343 g/mol. The first-order valence-corrected chi connectivity index (χ1v) is 8.47. The van der Waals surface area contributed by atoms with Crippen LogP contribution in [0.1, 0.15) is 20.3 Å². The van der Waals surface area contributed by atoms with Crippen molar-refractivity contribution in [1.82, 2.24) is 4.90 Å². The lowest BCUT2D eigenvalue weighted by Gasteiger charge is -2.42. The molecule has 1 aromatic rings. The summed E-state index contributed by atoms with van der Waals surface area (Å²) in [5.41, 5.74) is 6.70. The van der Waals surface area contributed by atoms with Crippen molar-refractivity contribution in [3.63, 3.8) is 0 Å². The number of carbonyl (C=O) groups excluding carboxylic acids is 1. The van der Waals surface area contributed by atoms with Crippen molar-refractivity contribution in [2.75, 3.05) is 25.0 Å². The van der Waals surface area contributed by atoms with Gasteiger partial charge in [-0.25, -0.2) is 0 Å². The Bertz CT molecular complexity index is 537. The number of hydrogen-bond acceptors (Lipinski definition) is 4. The Labute approximate surface area is 139 Å². The SMILES string of the molecule is CC1(C)CN(CC(=O)Nc2ccc(SC(F)F)cc2)CCC1N.